The van der Waals surface area contributed by atoms with E-state index < -0.39 is 6.43 Å². The fourth-order valence-corrected chi connectivity index (χ4v) is 0.762. The van der Waals surface area contributed by atoms with Gasteiger partial charge in [0.1, 0.15) is 5.75 Å². The average molecular weight is 158 g/mol. The number of aromatic hydroxyl groups is 1. The second-order valence-electron chi connectivity index (χ2n) is 2.35. The van der Waals surface area contributed by atoms with E-state index in [1.165, 1.54) is 12.1 Å². The van der Waals surface area contributed by atoms with Crippen LogP contribution in [0.4, 0.5) is 8.78 Å². The van der Waals surface area contributed by atoms with E-state index >= 15 is 0 Å². The van der Waals surface area contributed by atoms with Crippen LogP contribution in [-0.2, 0) is 0 Å². The molecule has 11 heavy (non-hydrogen) atoms. The minimum Gasteiger partial charge on any atom is -0.508 e. The minimum atomic E-state index is -2.51. The molecule has 0 radical (unpaired) electrons. The highest BCUT2D eigenvalue weighted by Gasteiger charge is 2.07. The van der Waals surface area contributed by atoms with Crippen molar-refractivity contribution in [2.75, 3.05) is 0 Å². The number of rotatable bonds is 1. The van der Waals surface area contributed by atoms with Crippen molar-refractivity contribution >= 4 is 0 Å². The summed E-state index contributed by atoms with van der Waals surface area (Å²) in [6.07, 6.45) is -2.51. The van der Waals surface area contributed by atoms with Crippen molar-refractivity contribution in [2.24, 2.45) is 0 Å². The molecule has 0 spiro atoms. The number of halogens is 2. The highest BCUT2D eigenvalue weighted by molar-refractivity contribution is 5.35. The molecule has 1 nitrogen and oxygen atoms in total. The van der Waals surface area contributed by atoms with Crippen LogP contribution in [-0.4, -0.2) is 5.11 Å². The van der Waals surface area contributed by atoms with Crippen LogP contribution in [0.15, 0.2) is 18.2 Å². The molecule has 0 aliphatic heterocycles. The molecule has 0 amide bonds. The van der Waals surface area contributed by atoms with E-state index in [0.717, 1.165) is 6.07 Å². The van der Waals surface area contributed by atoms with Gasteiger partial charge >= 0.3 is 0 Å². The van der Waals surface area contributed by atoms with E-state index in [4.69, 9.17) is 5.11 Å². The molecule has 1 rings (SSSR count). The van der Waals surface area contributed by atoms with E-state index in [2.05, 4.69) is 0 Å². The Morgan fingerprint density at radius 3 is 2.45 bits per heavy atom. The highest BCUT2D eigenvalue weighted by atomic mass is 19.3. The highest BCUT2D eigenvalue weighted by Crippen LogP contribution is 2.24. The summed E-state index contributed by atoms with van der Waals surface area (Å²) in [6.45, 7) is 1.66. The SMILES string of the molecule is Cc1ccc(C(F)F)cc1O. The molecule has 0 fully saturated rings. The van der Waals surface area contributed by atoms with Gasteiger partial charge in [0.25, 0.3) is 6.43 Å². The summed E-state index contributed by atoms with van der Waals surface area (Å²) >= 11 is 0. The van der Waals surface area contributed by atoms with Gasteiger partial charge in [-0.05, 0) is 18.6 Å². The molecule has 1 aromatic rings. The van der Waals surface area contributed by atoms with Crippen molar-refractivity contribution in [1.82, 2.24) is 0 Å². The summed E-state index contributed by atoms with van der Waals surface area (Å²) in [5, 5.41) is 9.02. The average Bonchev–Trinajstić information content (AvgIpc) is 1.94. The molecule has 0 heterocycles. The quantitative estimate of drug-likeness (QED) is 0.666. The zero-order chi connectivity index (χ0) is 8.43. The first-order valence-corrected chi connectivity index (χ1v) is 3.19. The maximum absolute atomic E-state index is 12.0. The fraction of sp³-hybridized carbons (Fsp3) is 0.250. The number of alkyl halides is 2. The first kappa shape index (κ1) is 7.98. The number of hydrogen-bond acceptors (Lipinski definition) is 1. The smallest absolute Gasteiger partial charge is 0.263 e. The summed E-state index contributed by atoms with van der Waals surface area (Å²) in [5.74, 6) is -0.0807. The van der Waals surface area contributed by atoms with E-state index in [1.54, 1.807) is 6.92 Å². The lowest BCUT2D eigenvalue weighted by molar-refractivity contribution is 0.151. The van der Waals surface area contributed by atoms with Crippen molar-refractivity contribution in [3.05, 3.63) is 29.3 Å². The summed E-state index contributed by atoms with van der Waals surface area (Å²) < 4.78 is 23.9. The van der Waals surface area contributed by atoms with Gasteiger partial charge in [-0.25, -0.2) is 8.78 Å². The maximum Gasteiger partial charge on any atom is 0.263 e. The second-order valence-corrected chi connectivity index (χ2v) is 2.35. The molecule has 0 aliphatic rings. The number of benzene rings is 1. The summed E-state index contributed by atoms with van der Waals surface area (Å²) in [7, 11) is 0. The van der Waals surface area contributed by atoms with Crippen LogP contribution in [0, 0.1) is 6.92 Å². The standard InChI is InChI=1S/C8H8F2O/c1-5-2-3-6(8(9)10)4-7(5)11/h2-4,8,11H,1H3. The van der Waals surface area contributed by atoms with Gasteiger partial charge in [-0.3, -0.25) is 0 Å². The molecule has 0 bridgehead atoms. The van der Waals surface area contributed by atoms with E-state index in [9.17, 15) is 8.78 Å². The molecular formula is C8H8F2O. The van der Waals surface area contributed by atoms with E-state index in [-0.39, 0.29) is 11.3 Å². The third-order valence-corrected chi connectivity index (χ3v) is 1.49. The predicted octanol–water partition coefficient (Wildman–Crippen LogP) is 2.64. The summed E-state index contributed by atoms with van der Waals surface area (Å²) in [6, 6.07) is 3.86. The minimum absolute atomic E-state index is 0.0807. The van der Waals surface area contributed by atoms with Crippen LogP contribution in [0.1, 0.15) is 17.6 Å². The molecule has 60 valence electrons. The summed E-state index contributed by atoms with van der Waals surface area (Å²) in [5.41, 5.74) is 0.461. The number of aryl methyl sites for hydroxylation is 1. The Bertz CT molecular complexity index is 258. The molecule has 0 saturated heterocycles. The van der Waals surface area contributed by atoms with Crippen molar-refractivity contribution in [3.63, 3.8) is 0 Å². The lowest BCUT2D eigenvalue weighted by atomic mass is 10.1. The van der Waals surface area contributed by atoms with Gasteiger partial charge in [0.2, 0.25) is 0 Å². The van der Waals surface area contributed by atoms with Crippen LogP contribution in [0.2, 0.25) is 0 Å². The van der Waals surface area contributed by atoms with Crippen molar-refractivity contribution in [1.29, 1.82) is 0 Å². The number of hydrogen-bond donors (Lipinski definition) is 1. The van der Waals surface area contributed by atoms with Crippen LogP contribution >= 0.6 is 0 Å². The Morgan fingerprint density at radius 2 is 2.00 bits per heavy atom. The number of phenolic OH excluding ortho intramolecular Hbond substituents is 1. The Balaban J connectivity index is 3.05. The van der Waals surface area contributed by atoms with Gasteiger partial charge < -0.3 is 5.11 Å². The zero-order valence-electron chi connectivity index (χ0n) is 6.01. The van der Waals surface area contributed by atoms with Crippen LogP contribution in [0.25, 0.3) is 0 Å². The van der Waals surface area contributed by atoms with Crippen LogP contribution < -0.4 is 0 Å². The topological polar surface area (TPSA) is 20.2 Å². The number of phenols is 1. The largest absolute Gasteiger partial charge is 0.508 e. The molecule has 0 unspecified atom stereocenters. The third kappa shape index (κ3) is 1.67. The normalized spacial score (nSPS) is 10.5. The van der Waals surface area contributed by atoms with Gasteiger partial charge in [-0.15, -0.1) is 0 Å². The molecule has 0 aliphatic carbocycles. The first-order valence-electron chi connectivity index (χ1n) is 3.19. The molecule has 0 saturated carbocycles. The molecule has 1 aromatic carbocycles. The van der Waals surface area contributed by atoms with Gasteiger partial charge in [-0.1, -0.05) is 12.1 Å². The Hall–Kier alpha value is -1.12. The third-order valence-electron chi connectivity index (χ3n) is 1.49. The molecule has 3 heteroatoms. The van der Waals surface area contributed by atoms with Crippen molar-refractivity contribution in [2.45, 2.75) is 13.3 Å². The Kier molecular flexibility index (Phi) is 2.08. The fourth-order valence-electron chi connectivity index (χ4n) is 0.762. The van der Waals surface area contributed by atoms with Gasteiger partial charge in [0.05, 0.1) is 0 Å². The lowest BCUT2D eigenvalue weighted by Gasteiger charge is -2.01. The van der Waals surface area contributed by atoms with Crippen molar-refractivity contribution < 1.29 is 13.9 Å². The van der Waals surface area contributed by atoms with E-state index in [1.807, 2.05) is 0 Å². The van der Waals surface area contributed by atoms with Gasteiger partial charge in [0.15, 0.2) is 0 Å². The maximum atomic E-state index is 12.0. The lowest BCUT2D eigenvalue weighted by Crippen LogP contribution is -1.84. The van der Waals surface area contributed by atoms with Crippen LogP contribution in [0.5, 0.6) is 5.75 Å². The Morgan fingerprint density at radius 1 is 1.36 bits per heavy atom. The first-order chi connectivity index (χ1) is 5.11. The predicted molar refractivity (Wildman–Crippen MR) is 37.8 cm³/mol. The van der Waals surface area contributed by atoms with Gasteiger partial charge in [0, 0.05) is 5.56 Å². The van der Waals surface area contributed by atoms with E-state index in [0.29, 0.717) is 5.56 Å². The monoisotopic (exact) mass is 158 g/mol. The zero-order valence-corrected chi connectivity index (χ0v) is 6.01. The van der Waals surface area contributed by atoms with Crippen LogP contribution in [0.3, 0.4) is 0 Å². The molecule has 0 aromatic heterocycles. The molecular weight excluding hydrogens is 150 g/mol. The second kappa shape index (κ2) is 2.86. The van der Waals surface area contributed by atoms with Crippen molar-refractivity contribution in [3.8, 4) is 5.75 Å². The molecule has 0 atom stereocenters. The Labute approximate surface area is 63.3 Å². The molecule has 1 N–H and O–H groups in total. The summed E-state index contributed by atoms with van der Waals surface area (Å²) in [4.78, 5) is 0. The van der Waals surface area contributed by atoms with Gasteiger partial charge in [-0.2, -0.15) is 0 Å².